The molecule has 1 aromatic rings. The van der Waals surface area contributed by atoms with E-state index >= 15 is 0 Å². The zero-order valence-corrected chi connectivity index (χ0v) is 11.9. The molecule has 0 aliphatic heterocycles. The molecule has 1 atom stereocenters. The average Bonchev–Trinajstić information content (AvgIpc) is 3.14. The molecule has 0 radical (unpaired) electrons. The number of amides is 2. The smallest absolute Gasteiger partial charge is 0.337 e. The summed E-state index contributed by atoms with van der Waals surface area (Å²) in [4.78, 5) is 22.9. The predicted octanol–water partition coefficient (Wildman–Crippen LogP) is 3.35. The molecule has 2 amide bonds. The largest absolute Gasteiger partial charge is 0.478 e. The summed E-state index contributed by atoms with van der Waals surface area (Å²) in [6.45, 7) is 1.94. The molecule has 1 aliphatic rings. The first-order valence-electron chi connectivity index (χ1n) is 6.56. The first-order valence-corrected chi connectivity index (χ1v) is 6.94. The van der Waals surface area contributed by atoms with Crippen molar-refractivity contribution >= 4 is 29.3 Å². The highest BCUT2D eigenvalue weighted by atomic mass is 35.5. The van der Waals surface area contributed by atoms with E-state index in [1.54, 1.807) is 0 Å². The van der Waals surface area contributed by atoms with Crippen LogP contribution >= 0.6 is 11.6 Å². The van der Waals surface area contributed by atoms with Gasteiger partial charge < -0.3 is 15.7 Å². The summed E-state index contributed by atoms with van der Waals surface area (Å²) in [7, 11) is 0. The van der Waals surface area contributed by atoms with Gasteiger partial charge in [0.1, 0.15) is 0 Å². The second kappa shape index (κ2) is 6.13. The van der Waals surface area contributed by atoms with Gasteiger partial charge in [0.2, 0.25) is 0 Å². The number of carbonyl (C=O) groups is 2. The van der Waals surface area contributed by atoms with E-state index in [9.17, 15) is 9.59 Å². The quantitative estimate of drug-likeness (QED) is 0.779. The molecule has 1 fully saturated rings. The van der Waals surface area contributed by atoms with Crippen molar-refractivity contribution in [3.63, 3.8) is 0 Å². The molecular formula is C14H17ClN2O3. The lowest BCUT2D eigenvalue weighted by Crippen LogP contribution is -2.36. The lowest BCUT2D eigenvalue weighted by atomic mass is 10.1. The summed E-state index contributed by atoms with van der Waals surface area (Å²) in [5.74, 6) is -0.413. The second-order valence-corrected chi connectivity index (χ2v) is 5.61. The minimum atomic E-state index is -1.13. The van der Waals surface area contributed by atoms with Gasteiger partial charge in [0.05, 0.1) is 11.3 Å². The Morgan fingerprint density at radius 2 is 2.15 bits per heavy atom. The molecule has 1 aliphatic carbocycles. The van der Waals surface area contributed by atoms with E-state index < -0.39 is 12.0 Å². The van der Waals surface area contributed by atoms with Crippen LogP contribution in [-0.4, -0.2) is 23.1 Å². The molecule has 6 heteroatoms. The van der Waals surface area contributed by atoms with Gasteiger partial charge in [0.25, 0.3) is 0 Å². The maximum atomic E-state index is 11.8. The van der Waals surface area contributed by atoms with Crippen LogP contribution in [0.15, 0.2) is 18.2 Å². The molecule has 108 valence electrons. The Bertz CT molecular complexity index is 529. The van der Waals surface area contributed by atoms with Crippen LogP contribution in [0.25, 0.3) is 0 Å². The van der Waals surface area contributed by atoms with Crippen molar-refractivity contribution in [3.8, 4) is 0 Å². The van der Waals surface area contributed by atoms with Crippen LogP contribution in [0, 0.1) is 5.92 Å². The van der Waals surface area contributed by atoms with Gasteiger partial charge in [-0.25, -0.2) is 9.59 Å². The molecule has 1 saturated carbocycles. The number of hydrogen-bond acceptors (Lipinski definition) is 2. The van der Waals surface area contributed by atoms with Gasteiger partial charge in [-0.3, -0.25) is 0 Å². The fourth-order valence-corrected chi connectivity index (χ4v) is 2.27. The second-order valence-electron chi connectivity index (χ2n) is 5.17. The van der Waals surface area contributed by atoms with E-state index in [0.29, 0.717) is 5.02 Å². The molecule has 0 saturated heterocycles. The standard InChI is InChI=1S/C14H17ClN2O3/c1-8(6-9-2-3-9)16-14(20)17-12-5-4-10(15)7-11(12)13(18)19/h4-5,7-9H,2-3,6H2,1H3,(H,18,19)(H2,16,17,20). The normalized spacial score (nSPS) is 15.5. The number of carbonyl (C=O) groups excluding carboxylic acids is 1. The molecule has 3 N–H and O–H groups in total. The number of carboxylic acids is 1. The molecule has 0 bridgehead atoms. The highest BCUT2D eigenvalue weighted by molar-refractivity contribution is 6.31. The Morgan fingerprint density at radius 3 is 2.75 bits per heavy atom. The Labute approximate surface area is 122 Å². The Balaban J connectivity index is 1.97. The third-order valence-electron chi connectivity index (χ3n) is 3.22. The lowest BCUT2D eigenvalue weighted by molar-refractivity contribution is 0.0698. The first kappa shape index (κ1) is 14.7. The van der Waals surface area contributed by atoms with Gasteiger partial charge in [-0.2, -0.15) is 0 Å². The van der Waals surface area contributed by atoms with E-state index in [0.717, 1.165) is 12.3 Å². The van der Waals surface area contributed by atoms with Crippen molar-refractivity contribution in [2.45, 2.75) is 32.2 Å². The zero-order valence-electron chi connectivity index (χ0n) is 11.1. The molecular weight excluding hydrogens is 280 g/mol. The van der Waals surface area contributed by atoms with Crippen molar-refractivity contribution in [2.24, 2.45) is 5.92 Å². The van der Waals surface area contributed by atoms with E-state index in [1.807, 2.05) is 6.92 Å². The van der Waals surface area contributed by atoms with E-state index in [1.165, 1.54) is 31.0 Å². The Morgan fingerprint density at radius 1 is 1.45 bits per heavy atom. The predicted molar refractivity (Wildman–Crippen MR) is 77.4 cm³/mol. The van der Waals surface area contributed by atoms with Gasteiger partial charge in [-0.15, -0.1) is 0 Å². The topological polar surface area (TPSA) is 78.4 Å². The van der Waals surface area contributed by atoms with Crippen molar-refractivity contribution in [3.05, 3.63) is 28.8 Å². The van der Waals surface area contributed by atoms with E-state index in [4.69, 9.17) is 16.7 Å². The third-order valence-corrected chi connectivity index (χ3v) is 3.46. The number of aromatic carboxylic acids is 1. The van der Waals surface area contributed by atoms with Gasteiger partial charge in [0, 0.05) is 11.1 Å². The molecule has 5 nitrogen and oxygen atoms in total. The van der Waals surface area contributed by atoms with Crippen LogP contribution in [0.2, 0.25) is 5.02 Å². The van der Waals surface area contributed by atoms with Crippen LogP contribution < -0.4 is 10.6 Å². The highest BCUT2D eigenvalue weighted by Gasteiger charge is 2.24. The number of anilines is 1. The van der Waals surface area contributed by atoms with Crippen LogP contribution in [-0.2, 0) is 0 Å². The molecule has 1 aromatic carbocycles. The number of hydrogen-bond donors (Lipinski definition) is 3. The van der Waals surface area contributed by atoms with Crippen molar-refractivity contribution in [1.82, 2.24) is 5.32 Å². The van der Waals surface area contributed by atoms with E-state index in [-0.39, 0.29) is 17.3 Å². The number of urea groups is 1. The summed E-state index contributed by atoms with van der Waals surface area (Å²) in [6, 6.07) is 4.01. The Hall–Kier alpha value is -1.75. The maximum absolute atomic E-state index is 11.8. The number of carboxylic acid groups (broad SMARTS) is 1. The summed E-state index contributed by atoms with van der Waals surface area (Å²) >= 11 is 5.75. The Kier molecular flexibility index (Phi) is 4.49. The lowest BCUT2D eigenvalue weighted by Gasteiger charge is -2.15. The number of benzene rings is 1. The zero-order chi connectivity index (χ0) is 14.7. The van der Waals surface area contributed by atoms with Crippen LogP contribution in [0.3, 0.4) is 0 Å². The maximum Gasteiger partial charge on any atom is 0.337 e. The molecule has 0 spiro atoms. The van der Waals surface area contributed by atoms with E-state index in [2.05, 4.69) is 10.6 Å². The van der Waals surface area contributed by atoms with Crippen LogP contribution in [0.4, 0.5) is 10.5 Å². The summed E-state index contributed by atoms with van der Waals surface area (Å²) in [5, 5.41) is 14.8. The molecule has 0 heterocycles. The van der Waals surface area contributed by atoms with Crippen molar-refractivity contribution in [2.75, 3.05) is 5.32 Å². The number of rotatable bonds is 5. The molecule has 1 unspecified atom stereocenters. The van der Waals surface area contributed by atoms with Crippen molar-refractivity contribution < 1.29 is 14.7 Å². The number of nitrogens with one attached hydrogen (secondary N) is 2. The fourth-order valence-electron chi connectivity index (χ4n) is 2.10. The molecule has 0 aromatic heterocycles. The molecule has 2 rings (SSSR count). The van der Waals surface area contributed by atoms with Crippen LogP contribution in [0.5, 0.6) is 0 Å². The summed E-state index contributed by atoms with van der Waals surface area (Å²) < 4.78 is 0. The number of halogens is 1. The third kappa shape index (κ3) is 4.13. The molecule has 20 heavy (non-hydrogen) atoms. The van der Waals surface area contributed by atoms with Gasteiger partial charge >= 0.3 is 12.0 Å². The van der Waals surface area contributed by atoms with Gasteiger partial charge in [-0.05, 0) is 37.5 Å². The minimum absolute atomic E-state index is 0.0255. The van der Waals surface area contributed by atoms with Crippen molar-refractivity contribution in [1.29, 1.82) is 0 Å². The van der Waals surface area contributed by atoms with Gasteiger partial charge in [0.15, 0.2) is 0 Å². The van der Waals surface area contributed by atoms with Crippen LogP contribution in [0.1, 0.15) is 36.5 Å². The summed E-state index contributed by atoms with van der Waals surface area (Å²) in [6.07, 6.45) is 3.42. The van der Waals surface area contributed by atoms with Gasteiger partial charge in [-0.1, -0.05) is 24.4 Å². The first-order chi connectivity index (χ1) is 9.45. The minimum Gasteiger partial charge on any atom is -0.478 e. The summed E-state index contributed by atoms with van der Waals surface area (Å²) in [5.41, 5.74) is 0.209. The monoisotopic (exact) mass is 296 g/mol. The average molecular weight is 297 g/mol. The highest BCUT2D eigenvalue weighted by Crippen LogP contribution is 2.33. The SMILES string of the molecule is CC(CC1CC1)NC(=O)Nc1ccc(Cl)cc1C(=O)O. The fraction of sp³-hybridized carbons (Fsp3) is 0.429.